The third kappa shape index (κ3) is 3.30. The summed E-state index contributed by atoms with van der Waals surface area (Å²) in [6.45, 7) is 4.97. The Morgan fingerprint density at radius 3 is 2.60 bits per heavy atom. The lowest BCUT2D eigenvalue weighted by molar-refractivity contribution is -0.0896. The van der Waals surface area contributed by atoms with Crippen molar-refractivity contribution >= 4 is 23.2 Å². The summed E-state index contributed by atoms with van der Waals surface area (Å²) >= 11 is 12.4. The van der Waals surface area contributed by atoms with E-state index in [1.54, 1.807) is 6.07 Å². The van der Waals surface area contributed by atoms with Crippen LogP contribution in [0.1, 0.15) is 51.1 Å². The Kier molecular flexibility index (Phi) is 5.36. The zero-order valence-electron chi connectivity index (χ0n) is 12.2. The smallest absolute Gasteiger partial charge is 0.0874 e. The SMILES string of the molecule is CCOC1(C(N)c2cc(Cl)ccc2Cl)CCC(C)CC1. The molecule has 1 aromatic carbocycles. The summed E-state index contributed by atoms with van der Waals surface area (Å²) < 4.78 is 6.10. The van der Waals surface area contributed by atoms with E-state index in [0.717, 1.165) is 37.2 Å². The van der Waals surface area contributed by atoms with Crippen molar-refractivity contribution in [2.45, 2.75) is 51.2 Å². The summed E-state index contributed by atoms with van der Waals surface area (Å²) in [5.41, 5.74) is 7.12. The second-order valence-electron chi connectivity index (χ2n) is 5.82. The molecule has 1 aliphatic rings. The third-order valence-corrected chi connectivity index (χ3v) is 4.99. The van der Waals surface area contributed by atoms with Crippen LogP contribution >= 0.6 is 23.2 Å². The molecular formula is C16H23Cl2NO. The number of rotatable bonds is 4. The zero-order valence-corrected chi connectivity index (χ0v) is 13.7. The lowest BCUT2D eigenvalue weighted by Gasteiger charge is -2.43. The van der Waals surface area contributed by atoms with Crippen molar-refractivity contribution in [3.8, 4) is 0 Å². The Labute approximate surface area is 131 Å². The van der Waals surface area contributed by atoms with Crippen molar-refractivity contribution in [1.29, 1.82) is 0 Å². The normalized spacial score (nSPS) is 28.4. The molecule has 4 heteroatoms. The van der Waals surface area contributed by atoms with Gasteiger partial charge >= 0.3 is 0 Å². The second-order valence-corrected chi connectivity index (χ2v) is 6.67. The van der Waals surface area contributed by atoms with Crippen LogP contribution < -0.4 is 5.73 Å². The van der Waals surface area contributed by atoms with Gasteiger partial charge in [0.15, 0.2) is 0 Å². The maximum absolute atomic E-state index is 6.54. The summed E-state index contributed by atoms with van der Waals surface area (Å²) in [6, 6.07) is 5.23. The van der Waals surface area contributed by atoms with Crippen LogP contribution in [-0.2, 0) is 4.74 Å². The summed E-state index contributed by atoms with van der Waals surface area (Å²) in [4.78, 5) is 0. The van der Waals surface area contributed by atoms with E-state index in [1.807, 2.05) is 19.1 Å². The molecule has 1 atom stereocenters. The molecule has 2 rings (SSSR count). The Morgan fingerprint density at radius 2 is 2.00 bits per heavy atom. The van der Waals surface area contributed by atoms with Crippen LogP contribution in [0.4, 0.5) is 0 Å². The van der Waals surface area contributed by atoms with Gasteiger partial charge in [-0.25, -0.2) is 0 Å². The van der Waals surface area contributed by atoms with E-state index in [0.29, 0.717) is 16.7 Å². The lowest BCUT2D eigenvalue weighted by Crippen LogP contribution is -2.46. The fourth-order valence-corrected chi connectivity index (χ4v) is 3.54. The monoisotopic (exact) mass is 315 g/mol. The predicted octanol–water partition coefficient (Wildman–Crippen LogP) is 4.98. The fourth-order valence-electron chi connectivity index (χ4n) is 3.12. The van der Waals surface area contributed by atoms with Gasteiger partial charge in [-0.05, 0) is 62.3 Å². The Bertz CT molecular complexity index is 456. The van der Waals surface area contributed by atoms with Crippen LogP contribution in [-0.4, -0.2) is 12.2 Å². The molecule has 0 bridgehead atoms. The highest BCUT2D eigenvalue weighted by molar-refractivity contribution is 6.33. The van der Waals surface area contributed by atoms with Gasteiger partial charge in [0.25, 0.3) is 0 Å². The van der Waals surface area contributed by atoms with E-state index in [-0.39, 0.29) is 11.6 Å². The molecule has 2 N–H and O–H groups in total. The van der Waals surface area contributed by atoms with Gasteiger partial charge in [0.2, 0.25) is 0 Å². The van der Waals surface area contributed by atoms with Crippen molar-refractivity contribution < 1.29 is 4.74 Å². The standard InChI is InChI=1S/C16H23Cl2NO/c1-3-20-16(8-6-11(2)7-9-16)15(19)13-10-12(17)4-5-14(13)18/h4-5,10-11,15H,3,6-9,19H2,1-2H3. The molecule has 0 aliphatic heterocycles. The van der Waals surface area contributed by atoms with Crippen LogP contribution in [0, 0.1) is 5.92 Å². The molecule has 0 amide bonds. The van der Waals surface area contributed by atoms with Crippen molar-refractivity contribution in [1.82, 2.24) is 0 Å². The van der Waals surface area contributed by atoms with Gasteiger partial charge in [0.1, 0.15) is 0 Å². The molecule has 0 spiro atoms. The predicted molar refractivity (Wildman–Crippen MR) is 85.4 cm³/mol. The van der Waals surface area contributed by atoms with E-state index < -0.39 is 0 Å². The molecule has 112 valence electrons. The number of benzene rings is 1. The van der Waals surface area contributed by atoms with Crippen molar-refractivity contribution in [3.05, 3.63) is 33.8 Å². The number of nitrogens with two attached hydrogens (primary N) is 1. The minimum atomic E-state index is -0.310. The molecule has 1 unspecified atom stereocenters. The summed E-state index contributed by atoms with van der Waals surface area (Å²) in [7, 11) is 0. The number of ether oxygens (including phenoxy) is 1. The first-order chi connectivity index (χ1) is 9.48. The van der Waals surface area contributed by atoms with Crippen LogP contribution in [0.2, 0.25) is 10.0 Å². The minimum Gasteiger partial charge on any atom is -0.373 e. The highest BCUT2D eigenvalue weighted by Crippen LogP contribution is 2.43. The van der Waals surface area contributed by atoms with Crippen molar-refractivity contribution in [2.75, 3.05) is 6.61 Å². The summed E-state index contributed by atoms with van der Waals surface area (Å²) in [5, 5.41) is 1.33. The van der Waals surface area contributed by atoms with Gasteiger partial charge in [-0.2, -0.15) is 0 Å². The van der Waals surface area contributed by atoms with Gasteiger partial charge in [0, 0.05) is 16.7 Å². The van der Waals surface area contributed by atoms with E-state index >= 15 is 0 Å². The van der Waals surface area contributed by atoms with Gasteiger partial charge in [0.05, 0.1) is 11.6 Å². The van der Waals surface area contributed by atoms with E-state index in [4.69, 9.17) is 33.7 Å². The second kappa shape index (κ2) is 6.65. The lowest BCUT2D eigenvalue weighted by atomic mass is 9.73. The van der Waals surface area contributed by atoms with Gasteiger partial charge in [-0.3, -0.25) is 0 Å². The molecule has 20 heavy (non-hydrogen) atoms. The first kappa shape index (κ1) is 16.1. The number of hydrogen-bond acceptors (Lipinski definition) is 2. The molecule has 0 heterocycles. The van der Waals surface area contributed by atoms with E-state index in [2.05, 4.69) is 6.92 Å². The maximum Gasteiger partial charge on any atom is 0.0874 e. The average Bonchev–Trinajstić information content (AvgIpc) is 2.44. The topological polar surface area (TPSA) is 35.2 Å². The Hall–Kier alpha value is -0.280. The van der Waals surface area contributed by atoms with Gasteiger partial charge < -0.3 is 10.5 Å². The Morgan fingerprint density at radius 1 is 1.35 bits per heavy atom. The molecular weight excluding hydrogens is 293 g/mol. The average molecular weight is 316 g/mol. The largest absolute Gasteiger partial charge is 0.373 e. The van der Waals surface area contributed by atoms with Crippen LogP contribution in [0.5, 0.6) is 0 Å². The van der Waals surface area contributed by atoms with E-state index in [1.165, 1.54) is 0 Å². The number of halogens is 2. The molecule has 1 saturated carbocycles. The zero-order chi connectivity index (χ0) is 14.8. The molecule has 1 fully saturated rings. The first-order valence-corrected chi connectivity index (χ1v) is 8.08. The molecule has 0 radical (unpaired) electrons. The minimum absolute atomic E-state index is 0.235. The molecule has 0 saturated heterocycles. The fraction of sp³-hybridized carbons (Fsp3) is 0.625. The van der Waals surface area contributed by atoms with Crippen LogP contribution in [0.15, 0.2) is 18.2 Å². The first-order valence-electron chi connectivity index (χ1n) is 7.33. The van der Waals surface area contributed by atoms with Crippen LogP contribution in [0.25, 0.3) is 0 Å². The quantitative estimate of drug-likeness (QED) is 0.850. The van der Waals surface area contributed by atoms with Gasteiger partial charge in [-0.15, -0.1) is 0 Å². The van der Waals surface area contributed by atoms with Crippen molar-refractivity contribution in [3.63, 3.8) is 0 Å². The molecule has 0 aromatic heterocycles. The van der Waals surface area contributed by atoms with Crippen molar-refractivity contribution in [2.24, 2.45) is 11.7 Å². The number of hydrogen-bond donors (Lipinski definition) is 1. The van der Waals surface area contributed by atoms with Crippen LogP contribution in [0.3, 0.4) is 0 Å². The summed E-state index contributed by atoms with van der Waals surface area (Å²) in [5.74, 6) is 0.741. The van der Waals surface area contributed by atoms with Gasteiger partial charge in [-0.1, -0.05) is 30.1 Å². The summed E-state index contributed by atoms with van der Waals surface area (Å²) in [6.07, 6.45) is 4.25. The molecule has 1 aliphatic carbocycles. The highest BCUT2D eigenvalue weighted by atomic mass is 35.5. The molecule has 1 aromatic rings. The Balaban J connectivity index is 2.31. The third-order valence-electron chi connectivity index (χ3n) is 4.41. The highest BCUT2D eigenvalue weighted by Gasteiger charge is 2.41. The maximum atomic E-state index is 6.54. The molecule has 2 nitrogen and oxygen atoms in total. The van der Waals surface area contributed by atoms with E-state index in [9.17, 15) is 0 Å².